The second-order valence-corrected chi connectivity index (χ2v) is 5.47. The predicted octanol–water partition coefficient (Wildman–Crippen LogP) is 1.52. The maximum atomic E-state index is 12.0. The van der Waals surface area contributed by atoms with Crippen molar-refractivity contribution in [2.24, 2.45) is 5.73 Å². The Bertz CT molecular complexity index is 298. The van der Waals surface area contributed by atoms with Crippen LogP contribution in [0, 0.1) is 0 Å². The van der Waals surface area contributed by atoms with Gasteiger partial charge in [-0.2, -0.15) is 0 Å². The van der Waals surface area contributed by atoms with E-state index in [1.165, 1.54) is 4.90 Å². The van der Waals surface area contributed by atoms with Crippen LogP contribution < -0.4 is 5.73 Å². The second kappa shape index (κ2) is 7.99. The summed E-state index contributed by atoms with van der Waals surface area (Å²) in [6, 6.07) is -0.0490. The van der Waals surface area contributed by atoms with Gasteiger partial charge in [0.15, 0.2) is 0 Å². The molecule has 0 bridgehead atoms. The van der Waals surface area contributed by atoms with E-state index in [0.29, 0.717) is 13.0 Å². The van der Waals surface area contributed by atoms with Crippen LogP contribution in [0.4, 0.5) is 4.79 Å². The number of amides is 1. The Labute approximate surface area is 115 Å². The van der Waals surface area contributed by atoms with Crippen LogP contribution in [0.3, 0.4) is 0 Å². The molecule has 0 aromatic carbocycles. The maximum Gasteiger partial charge on any atom is 0.410 e. The third-order valence-electron chi connectivity index (χ3n) is 2.13. The molecule has 19 heavy (non-hydrogen) atoms. The third kappa shape index (κ3) is 9.30. The van der Waals surface area contributed by atoms with Crippen molar-refractivity contribution < 1.29 is 19.1 Å². The predicted molar refractivity (Wildman–Crippen MR) is 72.7 cm³/mol. The molecule has 0 aliphatic carbocycles. The highest BCUT2D eigenvalue weighted by molar-refractivity contribution is 5.78. The number of nitrogens with zero attached hydrogens (tertiary/aromatic N) is 1. The maximum absolute atomic E-state index is 12.0. The Kier molecular flexibility index (Phi) is 7.44. The van der Waals surface area contributed by atoms with Crippen molar-refractivity contribution >= 4 is 12.1 Å². The number of carbonyl (C=O) groups is 2. The van der Waals surface area contributed by atoms with E-state index in [-0.39, 0.29) is 19.2 Å². The molecule has 0 spiro atoms. The van der Waals surface area contributed by atoms with Crippen LogP contribution in [-0.2, 0) is 14.3 Å². The van der Waals surface area contributed by atoms with Crippen LogP contribution in [-0.4, -0.2) is 48.3 Å². The van der Waals surface area contributed by atoms with Gasteiger partial charge < -0.3 is 15.2 Å². The van der Waals surface area contributed by atoms with Gasteiger partial charge in [-0.15, -0.1) is 0 Å². The van der Waals surface area contributed by atoms with E-state index in [0.717, 1.165) is 0 Å². The number of ether oxygens (including phenoxy) is 2. The van der Waals surface area contributed by atoms with Gasteiger partial charge in [-0.25, -0.2) is 4.79 Å². The molecule has 1 atom stereocenters. The standard InChI is InChI=1S/C13H26N2O4/c1-6-18-11(16)9-15(8-7-10(2)14)12(17)19-13(3,4)5/h10H,6-9,14H2,1-5H3. The van der Waals surface area contributed by atoms with Gasteiger partial charge in [-0.05, 0) is 41.0 Å². The first kappa shape index (κ1) is 17.7. The fraction of sp³-hybridized carbons (Fsp3) is 0.846. The van der Waals surface area contributed by atoms with Gasteiger partial charge >= 0.3 is 12.1 Å². The van der Waals surface area contributed by atoms with E-state index in [1.54, 1.807) is 27.7 Å². The summed E-state index contributed by atoms with van der Waals surface area (Å²) < 4.78 is 10.1. The van der Waals surface area contributed by atoms with E-state index in [4.69, 9.17) is 15.2 Å². The molecule has 112 valence electrons. The number of hydrogen-bond acceptors (Lipinski definition) is 5. The molecule has 0 fully saturated rings. The molecule has 2 N–H and O–H groups in total. The monoisotopic (exact) mass is 274 g/mol. The topological polar surface area (TPSA) is 81.9 Å². The minimum absolute atomic E-state index is 0.0490. The number of hydrogen-bond donors (Lipinski definition) is 1. The lowest BCUT2D eigenvalue weighted by Crippen LogP contribution is -2.42. The zero-order chi connectivity index (χ0) is 15.1. The number of carbonyl (C=O) groups excluding carboxylic acids is 2. The van der Waals surface area contributed by atoms with Gasteiger partial charge in [0.05, 0.1) is 6.61 Å². The largest absolute Gasteiger partial charge is 0.465 e. The lowest BCUT2D eigenvalue weighted by molar-refractivity contribution is -0.144. The van der Waals surface area contributed by atoms with E-state index in [2.05, 4.69) is 0 Å². The van der Waals surface area contributed by atoms with Crippen molar-refractivity contribution in [3.05, 3.63) is 0 Å². The summed E-state index contributed by atoms with van der Waals surface area (Å²) >= 11 is 0. The average molecular weight is 274 g/mol. The molecule has 6 nitrogen and oxygen atoms in total. The molecule has 0 saturated heterocycles. The van der Waals surface area contributed by atoms with Crippen LogP contribution in [0.1, 0.15) is 41.0 Å². The van der Waals surface area contributed by atoms with Gasteiger partial charge in [-0.3, -0.25) is 9.69 Å². The molecule has 0 aliphatic rings. The molecule has 0 rings (SSSR count). The molecular weight excluding hydrogens is 248 g/mol. The number of rotatable bonds is 6. The normalized spacial score (nSPS) is 12.7. The van der Waals surface area contributed by atoms with Crippen molar-refractivity contribution in [1.29, 1.82) is 0 Å². The van der Waals surface area contributed by atoms with Crippen molar-refractivity contribution in [2.45, 2.75) is 52.7 Å². The number of esters is 1. The summed E-state index contributed by atoms with van der Waals surface area (Å²) in [5.74, 6) is -0.446. The average Bonchev–Trinajstić information content (AvgIpc) is 2.21. The van der Waals surface area contributed by atoms with Gasteiger partial charge in [0.1, 0.15) is 12.1 Å². The summed E-state index contributed by atoms with van der Waals surface area (Å²) in [6.07, 6.45) is 0.0692. The molecule has 0 saturated carbocycles. The molecular formula is C13H26N2O4. The summed E-state index contributed by atoms with van der Waals surface area (Å²) in [5.41, 5.74) is 5.06. The first-order valence-corrected chi connectivity index (χ1v) is 6.54. The highest BCUT2D eigenvalue weighted by atomic mass is 16.6. The lowest BCUT2D eigenvalue weighted by Gasteiger charge is -2.27. The summed E-state index contributed by atoms with van der Waals surface area (Å²) in [4.78, 5) is 24.8. The van der Waals surface area contributed by atoms with Crippen LogP contribution >= 0.6 is 0 Å². The van der Waals surface area contributed by atoms with E-state index < -0.39 is 17.7 Å². The Morgan fingerprint density at radius 1 is 1.32 bits per heavy atom. The molecule has 6 heteroatoms. The second-order valence-electron chi connectivity index (χ2n) is 5.47. The quantitative estimate of drug-likeness (QED) is 0.743. The Morgan fingerprint density at radius 3 is 2.32 bits per heavy atom. The van der Waals surface area contributed by atoms with Crippen LogP contribution in [0.25, 0.3) is 0 Å². The molecule has 1 unspecified atom stereocenters. The van der Waals surface area contributed by atoms with E-state index >= 15 is 0 Å². The van der Waals surface area contributed by atoms with Crippen LogP contribution in [0.2, 0.25) is 0 Å². The minimum atomic E-state index is -0.599. The fourth-order valence-corrected chi connectivity index (χ4v) is 1.28. The molecule has 1 amide bonds. The molecule has 0 radical (unpaired) electrons. The molecule has 0 heterocycles. The zero-order valence-electron chi connectivity index (χ0n) is 12.6. The van der Waals surface area contributed by atoms with Crippen molar-refractivity contribution in [2.75, 3.05) is 19.7 Å². The Morgan fingerprint density at radius 2 is 1.89 bits per heavy atom. The van der Waals surface area contributed by atoms with Gasteiger partial charge in [0, 0.05) is 12.6 Å². The minimum Gasteiger partial charge on any atom is -0.465 e. The van der Waals surface area contributed by atoms with Crippen molar-refractivity contribution in [1.82, 2.24) is 4.90 Å². The summed E-state index contributed by atoms with van der Waals surface area (Å²) in [7, 11) is 0. The fourth-order valence-electron chi connectivity index (χ4n) is 1.28. The number of nitrogens with two attached hydrogens (primary N) is 1. The Balaban J connectivity index is 4.56. The Hall–Kier alpha value is -1.30. The van der Waals surface area contributed by atoms with Crippen LogP contribution in [0.15, 0.2) is 0 Å². The van der Waals surface area contributed by atoms with Crippen molar-refractivity contribution in [3.63, 3.8) is 0 Å². The summed E-state index contributed by atoms with van der Waals surface area (Å²) in [5, 5.41) is 0. The van der Waals surface area contributed by atoms with Crippen molar-refractivity contribution in [3.8, 4) is 0 Å². The van der Waals surface area contributed by atoms with Gasteiger partial charge in [0.25, 0.3) is 0 Å². The van der Waals surface area contributed by atoms with Gasteiger partial charge in [-0.1, -0.05) is 0 Å². The first-order valence-electron chi connectivity index (χ1n) is 6.54. The summed E-state index contributed by atoms with van der Waals surface area (Å²) in [6.45, 7) is 9.43. The zero-order valence-corrected chi connectivity index (χ0v) is 12.6. The SMILES string of the molecule is CCOC(=O)CN(CCC(C)N)C(=O)OC(C)(C)C. The highest BCUT2D eigenvalue weighted by Gasteiger charge is 2.24. The molecule has 0 aromatic heterocycles. The molecule has 0 aromatic rings. The van der Waals surface area contributed by atoms with E-state index in [1.807, 2.05) is 6.92 Å². The van der Waals surface area contributed by atoms with E-state index in [9.17, 15) is 9.59 Å². The molecule has 0 aliphatic heterocycles. The first-order chi connectivity index (χ1) is 8.65. The third-order valence-corrected chi connectivity index (χ3v) is 2.13. The van der Waals surface area contributed by atoms with Gasteiger partial charge in [0.2, 0.25) is 0 Å². The lowest BCUT2D eigenvalue weighted by atomic mass is 10.2. The highest BCUT2D eigenvalue weighted by Crippen LogP contribution is 2.10. The smallest absolute Gasteiger partial charge is 0.410 e. The van der Waals surface area contributed by atoms with Crippen LogP contribution in [0.5, 0.6) is 0 Å².